The Balaban J connectivity index is 2.13. The van der Waals surface area contributed by atoms with Crippen molar-refractivity contribution in [3.63, 3.8) is 0 Å². The molecule has 5 nitrogen and oxygen atoms in total. The summed E-state index contributed by atoms with van der Waals surface area (Å²) in [4.78, 5) is 16.0. The van der Waals surface area contributed by atoms with Crippen molar-refractivity contribution in [2.24, 2.45) is 0 Å². The topological polar surface area (TPSA) is 71.5 Å². The molecule has 0 aliphatic carbocycles. The van der Waals surface area contributed by atoms with Gasteiger partial charge in [-0.1, -0.05) is 11.6 Å². The lowest BCUT2D eigenvalue weighted by atomic mass is 10.1. The van der Waals surface area contributed by atoms with Crippen molar-refractivity contribution in [1.82, 2.24) is 4.98 Å². The lowest BCUT2D eigenvalue weighted by Crippen LogP contribution is -2.16. The maximum absolute atomic E-state index is 12.1. The van der Waals surface area contributed by atoms with Gasteiger partial charge in [0.2, 0.25) is 5.91 Å². The summed E-state index contributed by atoms with van der Waals surface area (Å²) in [6.07, 6.45) is 3.17. The molecule has 0 unspecified atom stereocenters. The van der Waals surface area contributed by atoms with Gasteiger partial charge in [-0.15, -0.1) is 0 Å². The third-order valence-corrected chi connectivity index (χ3v) is 3.18. The van der Waals surface area contributed by atoms with Crippen LogP contribution in [0.5, 0.6) is 5.75 Å². The van der Waals surface area contributed by atoms with Crippen LogP contribution < -0.4 is 10.1 Å². The Morgan fingerprint density at radius 1 is 1.38 bits per heavy atom. The normalized spacial score (nSPS) is 10.2. The molecule has 0 aliphatic rings. The molecule has 0 spiro atoms. The fraction of sp³-hybridized carbons (Fsp3) is 0.200. The van der Waals surface area contributed by atoms with Gasteiger partial charge in [-0.2, -0.15) is 0 Å². The summed E-state index contributed by atoms with van der Waals surface area (Å²) in [5.74, 6) is 0.362. The van der Waals surface area contributed by atoms with E-state index in [0.29, 0.717) is 27.6 Å². The van der Waals surface area contributed by atoms with Crippen LogP contribution in [-0.2, 0) is 17.8 Å². The highest BCUT2D eigenvalue weighted by molar-refractivity contribution is 6.30. The number of aliphatic hydroxyl groups is 1. The molecule has 0 fully saturated rings. The van der Waals surface area contributed by atoms with E-state index in [9.17, 15) is 9.90 Å². The molecule has 2 N–H and O–H groups in total. The predicted octanol–water partition coefficient (Wildman–Crippen LogP) is 2.42. The number of rotatable bonds is 5. The molecule has 0 saturated heterocycles. The van der Waals surface area contributed by atoms with Crippen molar-refractivity contribution in [2.45, 2.75) is 13.0 Å². The van der Waals surface area contributed by atoms with Crippen LogP contribution in [0.3, 0.4) is 0 Å². The Morgan fingerprint density at radius 3 is 2.90 bits per heavy atom. The predicted molar refractivity (Wildman–Crippen MR) is 80.5 cm³/mol. The van der Waals surface area contributed by atoms with Crippen molar-refractivity contribution in [3.8, 4) is 5.75 Å². The van der Waals surface area contributed by atoms with Crippen LogP contribution in [-0.4, -0.2) is 23.1 Å². The summed E-state index contributed by atoms with van der Waals surface area (Å²) >= 11 is 5.93. The standard InChI is InChI=1S/C15H15ClN2O3/c1-21-14-3-2-12(16)6-11(14)7-15(20)18-13-8-17-5-4-10(13)9-19/h2-6,8,19H,7,9H2,1H3,(H,18,20). The Morgan fingerprint density at radius 2 is 2.19 bits per heavy atom. The molecular formula is C15H15ClN2O3. The summed E-state index contributed by atoms with van der Waals surface area (Å²) in [5.41, 5.74) is 1.79. The van der Waals surface area contributed by atoms with Crippen molar-refractivity contribution in [3.05, 3.63) is 52.8 Å². The SMILES string of the molecule is COc1ccc(Cl)cc1CC(=O)Nc1cnccc1CO. The van der Waals surface area contributed by atoms with E-state index in [1.165, 1.54) is 13.3 Å². The highest BCUT2D eigenvalue weighted by Gasteiger charge is 2.11. The summed E-state index contributed by atoms with van der Waals surface area (Å²) < 4.78 is 5.21. The average Bonchev–Trinajstić information content (AvgIpc) is 2.48. The Hall–Kier alpha value is -2.11. The number of aromatic nitrogens is 1. The van der Waals surface area contributed by atoms with Gasteiger partial charge in [0.25, 0.3) is 0 Å². The molecule has 1 heterocycles. The lowest BCUT2D eigenvalue weighted by Gasteiger charge is -2.11. The maximum atomic E-state index is 12.1. The minimum Gasteiger partial charge on any atom is -0.496 e. The van der Waals surface area contributed by atoms with Crippen molar-refractivity contribution in [1.29, 1.82) is 0 Å². The van der Waals surface area contributed by atoms with Gasteiger partial charge in [0, 0.05) is 22.3 Å². The molecule has 6 heteroatoms. The second-order valence-electron chi connectivity index (χ2n) is 4.37. The van der Waals surface area contributed by atoms with Gasteiger partial charge >= 0.3 is 0 Å². The van der Waals surface area contributed by atoms with Crippen molar-refractivity contribution < 1.29 is 14.6 Å². The first-order chi connectivity index (χ1) is 10.1. The zero-order valence-corrected chi connectivity index (χ0v) is 12.2. The summed E-state index contributed by atoms with van der Waals surface area (Å²) in [6, 6.07) is 6.76. The zero-order valence-electron chi connectivity index (χ0n) is 11.5. The van der Waals surface area contributed by atoms with E-state index in [1.807, 2.05) is 0 Å². The largest absolute Gasteiger partial charge is 0.496 e. The third-order valence-electron chi connectivity index (χ3n) is 2.95. The van der Waals surface area contributed by atoms with Gasteiger partial charge in [0.15, 0.2) is 0 Å². The number of carbonyl (C=O) groups is 1. The number of halogens is 1. The number of pyridine rings is 1. The van der Waals surface area contributed by atoms with Gasteiger partial charge in [-0.3, -0.25) is 9.78 Å². The van der Waals surface area contributed by atoms with E-state index < -0.39 is 0 Å². The number of hydrogen-bond donors (Lipinski definition) is 2. The van der Waals surface area contributed by atoms with Gasteiger partial charge in [-0.25, -0.2) is 0 Å². The number of anilines is 1. The first kappa shape index (κ1) is 15.3. The first-order valence-corrected chi connectivity index (χ1v) is 6.68. The van der Waals surface area contributed by atoms with Crippen LogP contribution in [0.4, 0.5) is 5.69 Å². The van der Waals surface area contributed by atoms with Gasteiger partial charge in [-0.05, 0) is 24.3 Å². The monoisotopic (exact) mass is 306 g/mol. The number of benzene rings is 1. The summed E-state index contributed by atoms with van der Waals surface area (Å²) in [6.45, 7) is -0.168. The van der Waals surface area contributed by atoms with E-state index in [0.717, 1.165) is 0 Å². The maximum Gasteiger partial charge on any atom is 0.228 e. The van der Waals surface area contributed by atoms with Gasteiger partial charge in [0.05, 0.1) is 32.0 Å². The molecular weight excluding hydrogens is 292 g/mol. The third kappa shape index (κ3) is 3.93. The van der Waals surface area contributed by atoms with E-state index in [2.05, 4.69) is 10.3 Å². The Bertz CT molecular complexity index is 647. The summed E-state index contributed by atoms with van der Waals surface area (Å²) in [5, 5.41) is 12.5. The minimum atomic E-state index is -0.238. The number of aliphatic hydroxyl groups excluding tert-OH is 1. The molecule has 1 aromatic heterocycles. The number of carbonyl (C=O) groups excluding carboxylic acids is 1. The minimum absolute atomic E-state index is 0.115. The zero-order chi connectivity index (χ0) is 15.2. The van der Waals surface area contributed by atoms with E-state index in [4.69, 9.17) is 16.3 Å². The molecule has 2 aromatic rings. The second-order valence-corrected chi connectivity index (χ2v) is 4.81. The van der Waals surface area contributed by atoms with E-state index in [-0.39, 0.29) is 18.9 Å². The van der Waals surface area contributed by atoms with Gasteiger partial charge in [0.1, 0.15) is 5.75 Å². The van der Waals surface area contributed by atoms with E-state index >= 15 is 0 Å². The fourth-order valence-electron chi connectivity index (χ4n) is 1.93. The highest BCUT2D eigenvalue weighted by Crippen LogP contribution is 2.23. The highest BCUT2D eigenvalue weighted by atomic mass is 35.5. The average molecular weight is 307 g/mol. The second kappa shape index (κ2) is 7.06. The molecule has 0 radical (unpaired) electrons. The Kier molecular flexibility index (Phi) is 5.14. The van der Waals surface area contributed by atoms with Crippen LogP contribution >= 0.6 is 11.6 Å². The fourth-order valence-corrected chi connectivity index (χ4v) is 2.12. The molecule has 1 aromatic carbocycles. The number of nitrogens with zero attached hydrogens (tertiary/aromatic N) is 1. The molecule has 2 rings (SSSR count). The summed E-state index contributed by atoms with van der Waals surface area (Å²) in [7, 11) is 1.54. The first-order valence-electron chi connectivity index (χ1n) is 6.30. The van der Waals surface area contributed by atoms with Crippen LogP contribution in [0.15, 0.2) is 36.7 Å². The number of nitrogens with one attached hydrogen (secondary N) is 1. The smallest absolute Gasteiger partial charge is 0.228 e. The number of amides is 1. The van der Waals surface area contributed by atoms with Crippen molar-refractivity contribution in [2.75, 3.05) is 12.4 Å². The molecule has 0 aliphatic heterocycles. The molecule has 0 atom stereocenters. The number of ether oxygens (including phenoxy) is 1. The van der Waals surface area contributed by atoms with Crippen molar-refractivity contribution >= 4 is 23.2 Å². The van der Waals surface area contributed by atoms with Crippen LogP contribution in [0.1, 0.15) is 11.1 Å². The molecule has 0 saturated carbocycles. The van der Waals surface area contributed by atoms with Crippen LogP contribution in [0.25, 0.3) is 0 Å². The van der Waals surface area contributed by atoms with Gasteiger partial charge < -0.3 is 15.2 Å². The quantitative estimate of drug-likeness (QED) is 0.890. The Labute approximate surface area is 127 Å². The van der Waals surface area contributed by atoms with Crippen LogP contribution in [0.2, 0.25) is 5.02 Å². The number of hydrogen-bond acceptors (Lipinski definition) is 4. The molecule has 1 amide bonds. The molecule has 21 heavy (non-hydrogen) atoms. The van der Waals surface area contributed by atoms with Crippen LogP contribution in [0, 0.1) is 0 Å². The molecule has 110 valence electrons. The van der Waals surface area contributed by atoms with E-state index in [1.54, 1.807) is 30.5 Å². The number of methoxy groups -OCH3 is 1. The molecule has 0 bridgehead atoms. The lowest BCUT2D eigenvalue weighted by molar-refractivity contribution is -0.115.